The largest absolute Gasteiger partial charge is 0.481 e. The molecule has 0 unspecified atom stereocenters. The highest BCUT2D eigenvalue weighted by Crippen LogP contribution is 2.35. The zero-order chi connectivity index (χ0) is 31.3. The van der Waals surface area contributed by atoms with Gasteiger partial charge in [0.1, 0.15) is 0 Å². The van der Waals surface area contributed by atoms with Crippen molar-refractivity contribution in [1.82, 2.24) is 0 Å². The Balaban J connectivity index is 3.04. The fraction of sp³-hybridized carbons (Fsp3) is 0.944. The van der Waals surface area contributed by atoms with Crippen molar-refractivity contribution in [3.8, 4) is 0 Å². The van der Waals surface area contributed by atoms with Gasteiger partial charge in [0.15, 0.2) is 0 Å². The zero-order valence-electron chi connectivity index (χ0n) is 28.0. The van der Waals surface area contributed by atoms with E-state index in [1.165, 1.54) is 178 Å². The lowest BCUT2D eigenvalue weighted by Crippen LogP contribution is -1.93. The molecule has 0 rings (SSSR count). The highest BCUT2D eigenvalue weighted by Gasteiger charge is 1.99. The van der Waals surface area contributed by atoms with Gasteiger partial charge in [0.25, 0.3) is 0 Å². The summed E-state index contributed by atoms with van der Waals surface area (Å²) in [5, 5.41) is 17.3. The van der Waals surface area contributed by atoms with E-state index < -0.39 is 11.9 Å². The normalized spacial score (nSPS) is 11.3. The molecule has 0 bridgehead atoms. The van der Waals surface area contributed by atoms with Gasteiger partial charge in [0, 0.05) is 24.3 Å². The lowest BCUT2D eigenvalue weighted by Gasteiger charge is -2.04. The van der Waals surface area contributed by atoms with E-state index in [1.807, 2.05) is 9.83 Å². The van der Waals surface area contributed by atoms with Crippen LogP contribution in [0.4, 0.5) is 0 Å². The number of hydrogen-bond donors (Lipinski definition) is 2. The highest BCUT2D eigenvalue weighted by molar-refractivity contribution is 9.09. The van der Waals surface area contributed by atoms with Crippen LogP contribution in [0.5, 0.6) is 0 Å². The van der Waals surface area contributed by atoms with Crippen molar-refractivity contribution in [2.75, 3.05) is 11.5 Å². The average Bonchev–Trinajstić information content (AvgIpc) is 2.98. The molecule has 0 fully saturated rings. The monoisotopic (exact) mass is 662 g/mol. The molecule has 0 aromatic carbocycles. The molecule has 0 radical (unpaired) electrons. The van der Waals surface area contributed by atoms with Crippen LogP contribution in [0.15, 0.2) is 0 Å². The van der Waals surface area contributed by atoms with Crippen molar-refractivity contribution >= 4 is 43.4 Å². The summed E-state index contributed by atoms with van der Waals surface area (Å²) in [6.07, 6.45) is 40.1. The minimum atomic E-state index is -0.655. The highest BCUT2D eigenvalue weighted by atomic mass is 33.5. The second-order valence-electron chi connectivity index (χ2n) is 12.6. The minimum Gasteiger partial charge on any atom is -0.481 e. The summed E-state index contributed by atoms with van der Waals surface area (Å²) in [5.41, 5.74) is 0. The Hall–Kier alpha value is -0.0100. The minimum absolute atomic E-state index is 0.338. The summed E-state index contributed by atoms with van der Waals surface area (Å²) < 4.78 is 0. The molecule has 7 heteroatoms. The van der Waals surface area contributed by atoms with Crippen LogP contribution in [0.1, 0.15) is 205 Å². The van der Waals surface area contributed by atoms with Gasteiger partial charge in [-0.3, -0.25) is 9.59 Å². The van der Waals surface area contributed by atoms with Crippen molar-refractivity contribution in [2.24, 2.45) is 0 Å². The van der Waals surface area contributed by atoms with Gasteiger partial charge in [0.2, 0.25) is 0 Å². The standard InChI is InChI=1S/C36H70O4S3/c37-35(38)31-27-23-19-15-11-7-3-1-5-9-13-17-21-25-29-33-41-43-42-34-30-26-22-18-14-10-6-2-4-8-12-16-20-24-28-32-36(39)40/h1-34H2,(H,37,38)(H,39,40). The fourth-order valence-electron chi connectivity index (χ4n) is 5.57. The molecule has 0 amide bonds. The van der Waals surface area contributed by atoms with Crippen LogP contribution in [0, 0.1) is 0 Å². The Morgan fingerprint density at radius 2 is 0.488 bits per heavy atom. The number of aliphatic carboxylic acids is 2. The summed E-state index contributed by atoms with van der Waals surface area (Å²) in [6, 6.07) is 0. The van der Waals surface area contributed by atoms with E-state index in [-0.39, 0.29) is 0 Å². The molecule has 0 aliphatic rings. The lowest BCUT2D eigenvalue weighted by atomic mass is 10.0. The molecule has 4 nitrogen and oxygen atoms in total. The number of unbranched alkanes of at least 4 members (excludes halogenated alkanes) is 28. The molecule has 2 N–H and O–H groups in total. The second kappa shape index (κ2) is 38.2. The lowest BCUT2D eigenvalue weighted by molar-refractivity contribution is -0.138. The van der Waals surface area contributed by atoms with Gasteiger partial charge in [0.05, 0.1) is 0 Å². The van der Waals surface area contributed by atoms with E-state index in [2.05, 4.69) is 21.6 Å². The van der Waals surface area contributed by atoms with Crippen molar-refractivity contribution in [3.63, 3.8) is 0 Å². The first-order valence-electron chi connectivity index (χ1n) is 18.5. The number of hydrogen-bond acceptors (Lipinski definition) is 5. The smallest absolute Gasteiger partial charge is 0.303 e. The van der Waals surface area contributed by atoms with Gasteiger partial charge < -0.3 is 10.2 Å². The molecule has 0 spiro atoms. The summed E-state index contributed by atoms with van der Waals surface area (Å²) in [7, 11) is 6.15. The third-order valence-electron chi connectivity index (χ3n) is 8.33. The first-order valence-corrected chi connectivity index (χ1v) is 22.3. The van der Waals surface area contributed by atoms with Crippen LogP contribution >= 0.6 is 31.4 Å². The van der Waals surface area contributed by atoms with Gasteiger partial charge >= 0.3 is 11.9 Å². The zero-order valence-corrected chi connectivity index (χ0v) is 30.4. The third-order valence-corrected chi connectivity index (χ3v) is 12.7. The van der Waals surface area contributed by atoms with E-state index in [0.29, 0.717) is 12.8 Å². The van der Waals surface area contributed by atoms with Gasteiger partial charge in [-0.1, -0.05) is 189 Å². The third kappa shape index (κ3) is 42.0. The van der Waals surface area contributed by atoms with Crippen molar-refractivity contribution in [1.29, 1.82) is 0 Å². The SMILES string of the molecule is O=C(O)CCCCCCCCCCCCCCCCCSSSCCCCCCCCCCCCCCCCCC(=O)O. The maximum absolute atomic E-state index is 10.5. The van der Waals surface area contributed by atoms with Crippen LogP contribution in [-0.4, -0.2) is 33.7 Å². The maximum atomic E-state index is 10.5. The maximum Gasteiger partial charge on any atom is 0.303 e. The van der Waals surface area contributed by atoms with Gasteiger partial charge in [-0.25, -0.2) is 0 Å². The molecule has 0 saturated heterocycles. The van der Waals surface area contributed by atoms with Gasteiger partial charge in [-0.05, 0) is 35.5 Å². The summed E-state index contributed by atoms with van der Waals surface area (Å²) in [5.74, 6) is 1.31. The second-order valence-corrected chi connectivity index (χ2v) is 17.1. The molecule has 43 heavy (non-hydrogen) atoms. The molecule has 0 aliphatic carbocycles. The molecule has 256 valence electrons. The van der Waals surface area contributed by atoms with E-state index in [1.54, 1.807) is 0 Å². The van der Waals surface area contributed by atoms with Crippen LogP contribution in [0.3, 0.4) is 0 Å². The molecule has 0 heterocycles. The topological polar surface area (TPSA) is 74.6 Å². The van der Waals surface area contributed by atoms with E-state index >= 15 is 0 Å². The molecule has 0 aromatic heterocycles. The van der Waals surface area contributed by atoms with Gasteiger partial charge in [-0.15, -0.1) is 0 Å². The predicted octanol–water partition coefficient (Wildman–Crippen LogP) is 13.7. The van der Waals surface area contributed by atoms with Crippen molar-refractivity contribution < 1.29 is 19.8 Å². The Morgan fingerprint density at radius 3 is 0.698 bits per heavy atom. The first-order chi connectivity index (χ1) is 21.1. The van der Waals surface area contributed by atoms with Gasteiger partial charge in [-0.2, -0.15) is 0 Å². The molecular formula is C36H70O4S3. The quantitative estimate of drug-likeness (QED) is 0.0503. The number of carbonyl (C=O) groups is 2. The molecule has 0 aliphatic heterocycles. The number of rotatable bonds is 38. The summed E-state index contributed by atoms with van der Waals surface area (Å²) in [6.45, 7) is 0. The van der Waals surface area contributed by atoms with Crippen molar-refractivity contribution in [3.05, 3.63) is 0 Å². The van der Waals surface area contributed by atoms with Crippen molar-refractivity contribution in [2.45, 2.75) is 205 Å². The van der Waals surface area contributed by atoms with E-state index in [0.717, 1.165) is 25.7 Å². The molecule has 0 saturated carbocycles. The van der Waals surface area contributed by atoms with Crippen LogP contribution in [0.25, 0.3) is 0 Å². The Labute approximate surface area is 279 Å². The van der Waals surface area contributed by atoms with E-state index in [9.17, 15) is 9.59 Å². The average molecular weight is 663 g/mol. The Bertz CT molecular complexity index is 529. The molecule has 0 aromatic rings. The fourth-order valence-corrected chi connectivity index (χ4v) is 9.58. The first kappa shape index (κ1) is 43.0. The van der Waals surface area contributed by atoms with Crippen LogP contribution in [0.2, 0.25) is 0 Å². The number of carboxylic acid groups (broad SMARTS) is 2. The van der Waals surface area contributed by atoms with Crippen LogP contribution in [-0.2, 0) is 9.59 Å². The summed E-state index contributed by atoms with van der Waals surface area (Å²) >= 11 is 0. The molecule has 0 atom stereocenters. The summed E-state index contributed by atoms with van der Waals surface area (Å²) in [4.78, 5) is 21.0. The predicted molar refractivity (Wildman–Crippen MR) is 196 cm³/mol. The molecular weight excluding hydrogens is 593 g/mol. The van der Waals surface area contributed by atoms with Crippen LogP contribution < -0.4 is 0 Å². The Morgan fingerprint density at radius 1 is 0.302 bits per heavy atom. The van der Waals surface area contributed by atoms with E-state index in [4.69, 9.17) is 10.2 Å². The Kier molecular flexibility index (Phi) is 38.2. The number of carboxylic acids is 2.